The standard InChI is InChI=1S/C20H31ClO6/c1-17-6-7-19(18(21)16-17)27-20(22)8-11-25-13-15-26-14-12-24-10-5-3-4-9-23-2/h6-7,16H,3-5,8-15H2,1-2H3. The number of carbonyl (C=O) groups is 1. The van der Waals surface area contributed by atoms with E-state index in [-0.39, 0.29) is 19.0 Å². The minimum atomic E-state index is -0.374. The minimum Gasteiger partial charge on any atom is -0.425 e. The topological polar surface area (TPSA) is 63.2 Å². The van der Waals surface area contributed by atoms with E-state index in [1.807, 2.05) is 13.0 Å². The number of rotatable bonds is 16. The Bertz CT molecular complexity index is 523. The van der Waals surface area contributed by atoms with E-state index in [1.54, 1.807) is 19.2 Å². The maximum atomic E-state index is 11.8. The first-order valence-corrected chi connectivity index (χ1v) is 9.70. The molecule has 0 unspecified atom stereocenters. The lowest BCUT2D eigenvalue weighted by atomic mass is 10.2. The summed E-state index contributed by atoms with van der Waals surface area (Å²) >= 11 is 6.03. The fraction of sp³-hybridized carbons (Fsp3) is 0.650. The van der Waals surface area contributed by atoms with Crippen LogP contribution in [0.4, 0.5) is 0 Å². The summed E-state index contributed by atoms with van der Waals surface area (Å²) in [6.07, 6.45) is 3.38. The van der Waals surface area contributed by atoms with Crippen LogP contribution in [0, 0.1) is 6.92 Å². The van der Waals surface area contributed by atoms with Crippen molar-refractivity contribution in [3.05, 3.63) is 28.8 Å². The highest BCUT2D eigenvalue weighted by Gasteiger charge is 2.08. The zero-order valence-electron chi connectivity index (χ0n) is 16.3. The van der Waals surface area contributed by atoms with Crippen molar-refractivity contribution in [2.75, 3.05) is 53.4 Å². The SMILES string of the molecule is COCCCCCOCCOCCOCCC(=O)Oc1ccc(C)cc1Cl. The maximum absolute atomic E-state index is 11.8. The van der Waals surface area contributed by atoms with Crippen molar-refractivity contribution in [3.8, 4) is 5.75 Å². The molecule has 1 rings (SSSR count). The molecular weight excluding hydrogens is 372 g/mol. The minimum absolute atomic E-state index is 0.163. The van der Waals surface area contributed by atoms with E-state index >= 15 is 0 Å². The lowest BCUT2D eigenvalue weighted by Gasteiger charge is -2.08. The number of hydrogen-bond acceptors (Lipinski definition) is 6. The van der Waals surface area contributed by atoms with Crippen molar-refractivity contribution in [2.45, 2.75) is 32.6 Å². The third-order valence-electron chi connectivity index (χ3n) is 3.64. The van der Waals surface area contributed by atoms with E-state index in [1.165, 1.54) is 0 Å². The average molecular weight is 403 g/mol. The number of hydrogen-bond donors (Lipinski definition) is 0. The maximum Gasteiger partial charge on any atom is 0.313 e. The first kappa shape index (κ1) is 23.9. The quantitative estimate of drug-likeness (QED) is 0.238. The van der Waals surface area contributed by atoms with Gasteiger partial charge in [-0.2, -0.15) is 0 Å². The molecule has 0 aliphatic heterocycles. The predicted octanol–water partition coefficient (Wildman–Crippen LogP) is 3.81. The van der Waals surface area contributed by atoms with E-state index < -0.39 is 0 Å². The van der Waals surface area contributed by atoms with Crippen LogP contribution in [-0.2, 0) is 23.7 Å². The molecule has 0 aliphatic rings. The molecule has 0 N–H and O–H groups in total. The summed E-state index contributed by atoms with van der Waals surface area (Å²) in [6.45, 7) is 5.76. The number of methoxy groups -OCH3 is 1. The molecule has 0 saturated heterocycles. The third-order valence-corrected chi connectivity index (χ3v) is 3.94. The summed E-state index contributed by atoms with van der Waals surface area (Å²) in [5.74, 6) is -0.00475. The Morgan fingerprint density at radius 1 is 0.889 bits per heavy atom. The first-order valence-electron chi connectivity index (χ1n) is 9.32. The average Bonchev–Trinajstić information content (AvgIpc) is 2.64. The van der Waals surface area contributed by atoms with Gasteiger partial charge < -0.3 is 23.7 Å². The van der Waals surface area contributed by atoms with Gasteiger partial charge in [-0.3, -0.25) is 4.79 Å². The van der Waals surface area contributed by atoms with Crippen LogP contribution in [0.3, 0.4) is 0 Å². The highest BCUT2D eigenvalue weighted by molar-refractivity contribution is 6.32. The van der Waals surface area contributed by atoms with Crippen molar-refractivity contribution in [1.82, 2.24) is 0 Å². The molecule has 0 aliphatic carbocycles. The number of halogens is 1. The molecular formula is C20H31ClO6. The summed E-state index contributed by atoms with van der Waals surface area (Å²) in [5, 5.41) is 0.426. The lowest BCUT2D eigenvalue weighted by Crippen LogP contribution is -2.14. The van der Waals surface area contributed by atoms with Crippen LogP contribution in [-0.4, -0.2) is 59.3 Å². The Labute approximate surface area is 167 Å². The van der Waals surface area contributed by atoms with Crippen LogP contribution >= 0.6 is 11.6 Å². The van der Waals surface area contributed by atoms with Gasteiger partial charge in [-0.25, -0.2) is 0 Å². The summed E-state index contributed by atoms with van der Waals surface area (Å²) in [5.41, 5.74) is 1.01. The fourth-order valence-electron chi connectivity index (χ4n) is 2.19. The van der Waals surface area contributed by atoms with E-state index in [0.29, 0.717) is 37.2 Å². The zero-order chi connectivity index (χ0) is 19.7. The molecule has 0 saturated carbocycles. The van der Waals surface area contributed by atoms with Crippen LogP contribution < -0.4 is 4.74 Å². The van der Waals surface area contributed by atoms with Crippen molar-refractivity contribution in [1.29, 1.82) is 0 Å². The predicted molar refractivity (Wildman–Crippen MR) is 105 cm³/mol. The van der Waals surface area contributed by atoms with E-state index in [4.69, 9.17) is 35.3 Å². The van der Waals surface area contributed by atoms with Gasteiger partial charge in [-0.05, 0) is 43.9 Å². The summed E-state index contributed by atoms with van der Waals surface area (Å²) in [7, 11) is 1.71. The van der Waals surface area contributed by atoms with E-state index in [2.05, 4.69) is 0 Å². The highest BCUT2D eigenvalue weighted by Crippen LogP contribution is 2.25. The van der Waals surface area contributed by atoms with E-state index in [0.717, 1.165) is 38.0 Å². The molecule has 0 bridgehead atoms. The molecule has 154 valence electrons. The fourth-order valence-corrected chi connectivity index (χ4v) is 2.46. The Kier molecular flexibility index (Phi) is 14.0. The van der Waals surface area contributed by atoms with Gasteiger partial charge in [-0.1, -0.05) is 17.7 Å². The molecule has 0 heterocycles. The second kappa shape index (κ2) is 15.8. The van der Waals surface area contributed by atoms with Crippen LogP contribution in [0.1, 0.15) is 31.2 Å². The van der Waals surface area contributed by atoms with Crippen molar-refractivity contribution < 1.29 is 28.5 Å². The van der Waals surface area contributed by atoms with Gasteiger partial charge in [0.1, 0.15) is 5.75 Å². The third kappa shape index (κ3) is 12.8. The van der Waals surface area contributed by atoms with Crippen molar-refractivity contribution in [3.63, 3.8) is 0 Å². The van der Waals surface area contributed by atoms with Gasteiger partial charge in [-0.15, -0.1) is 0 Å². The van der Waals surface area contributed by atoms with Crippen LogP contribution in [0.2, 0.25) is 5.02 Å². The Hall–Kier alpha value is -1.18. The Morgan fingerprint density at radius 3 is 2.19 bits per heavy atom. The van der Waals surface area contributed by atoms with Crippen LogP contribution in [0.25, 0.3) is 0 Å². The molecule has 1 aromatic carbocycles. The monoisotopic (exact) mass is 402 g/mol. The molecule has 0 aromatic heterocycles. The molecule has 0 amide bonds. The summed E-state index contributed by atoms with van der Waals surface area (Å²) in [6, 6.07) is 5.28. The molecule has 0 fully saturated rings. The van der Waals surface area contributed by atoms with Gasteiger partial charge in [0.2, 0.25) is 0 Å². The van der Waals surface area contributed by atoms with Gasteiger partial charge in [0.25, 0.3) is 0 Å². The van der Waals surface area contributed by atoms with Crippen molar-refractivity contribution >= 4 is 17.6 Å². The molecule has 0 atom stereocenters. The molecule has 7 heteroatoms. The van der Waals surface area contributed by atoms with Gasteiger partial charge >= 0.3 is 5.97 Å². The Balaban J connectivity index is 1.89. The largest absolute Gasteiger partial charge is 0.425 e. The van der Waals surface area contributed by atoms with E-state index in [9.17, 15) is 4.79 Å². The summed E-state index contributed by atoms with van der Waals surface area (Å²) < 4.78 is 26.4. The number of ether oxygens (including phenoxy) is 5. The second-order valence-corrected chi connectivity index (χ2v) is 6.46. The molecule has 27 heavy (non-hydrogen) atoms. The zero-order valence-corrected chi connectivity index (χ0v) is 17.1. The molecule has 1 aromatic rings. The Morgan fingerprint density at radius 2 is 1.52 bits per heavy atom. The number of carbonyl (C=O) groups excluding carboxylic acids is 1. The molecule has 0 spiro atoms. The summed E-state index contributed by atoms with van der Waals surface area (Å²) in [4.78, 5) is 11.8. The number of unbranched alkanes of at least 4 members (excludes halogenated alkanes) is 2. The van der Waals surface area contributed by atoms with Crippen LogP contribution in [0.15, 0.2) is 18.2 Å². The highest BCUT2D eigenvalue weighted by atomic mass is 35.5. The second-order valence-electron chi connectivity index (χ2n) is 6.05. The normalized spacial score (nSPS) is 10.9. The van der Waals surface area contributed by atoms with Crippen molar-refractivity contribution in [2.24, 2.45) is 0 Å². The first-order chi connectivity index (χ1) is 13.1. The number of esters is 1. The lowest BCUT2D eigenvalue weighted by molar-refractivity contribution is -0.135. The van der Waals surface area contributed by atoms with Gasteiger partial charge in [0.15, 0.2) is 0 Å². The molecule has 0 radical (unpaired) electrons. The number of benzene rings is 1. The van der Waals surface area contributed by atoms with Crippen LogP contribution in [0.5, 0.6) is 5.75 Å². The van der Waals surface area contributed by atoms with Gasteiger partial charge in [0.05, 0.1) is 44.5 Å². The number of aryl methyl sites for hydroxylation is 1. The molecule has 6 nitrogen and oxygen atoms in total. The smallest absolute Gasteiger partial charge is 0.313 e. The van der Waals surface area contributed by atoms with Gasteiger partial charge in [0, 0.05) is 20.3 Å².